The highest BCUT2D eigenvalue weighted by Crippen LogP contribution is 2.29. The van der Waals surface area contributed by atoms with Crippen LogP contribution in [-0.2, 0) is 9.53 Å². The van der Waals surface area contributed by atoms with Crippen molar-refractivity contribution in [2.75, 3.05) is 0 Å². The van der Waals surface area contributed by atoms with E-state index in [-0.39, 0.29) is 11.9 Å². The minimum atomic E-state index is -0.0651. The number of carbonyl (C=O) groups excluding carboxylic acids is 1. The van der Waals surface area contributed by atoms with E-state index in [2.05, 4.69) is 0 Å². The lowest BCUT2D eigenvalue weighted by Crippen LogP contribution is -2.00. The number of carbonyl (C=O) groups is 1. The molecule has 0 aromatic carbocycles. The minimum absolute atomic E-state index is 0.0651. The molecule has 0 saturated heterocycles. The maximum absolute atomic E-state index is 10.8. The van der Waals surface area contributed by atoms with Crippen molar-refractivity contribution >= 4 is 5.97 Å². The van der Waals surface area contributed by atoms with Crippen molar-refractivity contribution in [3.63, 3.8) is 0 Å². The SMILES string of the molecule is CCC=COC(=O)C1CC1. The largest absolute Gasteiger partial charge is 0.435 e. The van der Waals surface area contributed by atoms with Crippen molar-refractivity contribution in [2.24, 2.45) is 5.92 Å². The number of hydrogen-bond donors (Lipinski definition) is 0. The number of esters is 1. The monoisotopic (exact) mass is 140 g/mol. The molecule has 1 rings (SSSR count). The van der Waals surface area contributed by atoms with Gasteiger partial charge < -0.3 is 4.74 Å². The quantitative estimate of drug-likeness (QED) is 0.442. The molecular weight excluding hydrogens is 128 g/mol. The van der Waals surface area contributed by atoms with Crippen LogP contribution in [0.3, 0.4) is 0 Å². The van der Waals surface area contributed by atoms with Crippen molar-refractivity contribution in [3.05, 3.63) is 12.3 Å². The van der Waals surface area contributed by atoms with E-state index in [1.165, 1.54) is 6.26 Å². The van der Waals surface area contributed by atoms with Crippen LogP contribution in [0.5, 0.6) is 0 Å². The van der Waals surface area contributed by atoms with Crippen molar-refractivity contribution < 1.29 is 9.53 Å². The lowest BCUT2D eigenvalue weighted by Gasteiger charge is -1.93. The van der Waals surface area contributed by atoms with Crippen LogP contribution in [0.1, 0.15) is 26.2 Å². The average Bonchev–Trinajstić information content (AvgIpc) is 2.69. The Morgan fingerprint density at radius 2 is 2.40 bits per heavy atom. The fourth-order valence-corrected chi connectivity index (χ4v) is 0.627. The molecule has 0 radical (unpaired) electrons. The summed E-state index contributed by atoms with van der Waals surface area (Å²) >= 11 is 0. The van der Waals surface area contributed by atoms with E-state index in [1.807, 2.05) is 13.0 Å². The standard InChI is InChI=1S/C8H12O2/c1-2-3-6-10-8(9)7-4-5-7/h3,6-7H,2,4-5H2,1H3. The Morgan fingerprint density at radius 1 is 1.70 bits per heavy atom. The molecule has 0 aromatic rings. The zero-order valence-corrected chi connectivity index (χ0v) is 6.17. The van der Waals surface area contributed by atoms with E-state index in [4.69, 9.17) is 4.74 Å². The van der Waals surface area contributed by atoms with E-state index >= 15 is 0 Å². The Balaban J connectivity index is 2.11. The molecule has 10 heavy (non-hydrogen) atoms. The second kappa shape index (κ2) is 3.40. The molecule has 1 aliphatic rings. The summed E-state index contributed by atoms with van der Waals surface area (Å²) in [5.41, 5.74) is 0. The summed E-state index contributed by atoms with van der Waals surface area (Å²) in [4.78, 5) is 10.8. The van der Waals surface area contributed by atoms with Gasteiger partial charge in [0.2, 0.25) is 0 Å². The predicted octanol–water partition coefficient (Wildman–Crippen LogP) is 1.86. The zero-order valence-electron chi connectivity index (χ0n) is 6.17. The first-order valence-corrected chi connectivity index (χ1v) is 3.70. The van der Waals surface area contributed by atoms with Gasteiger partial charge in [0.1, 0.15) is 0 Å². The second-order valence-corrected chi connectivity index (χ2v) is 2.49. The van der Waals surface area contributed by atoms with Crippen LogP contribution in [0.4, 0.5) is 0 Å². The van der Waals surface area contributed by atoms with Gasteiger partial charge in [0.15, 0.2) is 0 Å². The molecule has 56 valence electrons. The van der Waals surface area contributed by atoms with Crippen LogP contribution >= 0.6 is 0 Å². The highest BCUT2D eigenvalue weighted by Gasteiger charge is 2.30. The van der Waals surface area contributed by atoms with Gasteiger partial charge in [0.25, 0.3) is 0 Å². The third-order valence-corrected chi connectivity index (χ3v) is 1.43. The average molecular weight is 140 g/mol. The topological polar surface area (TPSA) is 26.3 Å². The molecule has 0 spiro atoms. The smallest absolute Gasteiger partial charge is 0.313 e. The lowest BCUT2D eigenvalue weighted by atomic mass is 10.4. The van der Waals surface area contributed by atoms with E-state index < -0.39 is 0 Å². The van der Waals surface area contributed by atoms with Gasteiger partial charge in [-0.1, -0.05) is 6.92 Å². The summed E-state index contributed by atoms with van der Waals surface area (Å²) in [7, 11) is 0. The summed E-state index contributed by atoms with van der Waals surface area (Å²) in [6.07, 6.45) is 6.26. The van der Waals surface area contributed by atoms with Crippen LogP contribution in [0, 0.1) is 5.92 Å². The van der Waals surface area contributed by atoms with Crippen LogP contribution in [-0.4, -0.2) is 5.97 Å². The second-order valence-electron chi connectivity index (χ2n) is 2.49. The van der Waals surface area contributed by atoms with Gasteiger partial charge in [-0.3, -0.25) is 4.79 Å². The third kappa shape index (κ3) is 2.21. The summed E-state index contributed by atoms with van der Waals surface area (Å²) < 4.78 is 4.79. The van der Waals surface area contributed by atoms with E-state index in [1.54, 1.807) is 0 Å². The maximum atomic E-state index is 10.8. The third-order valence-electron chi connectivity index (χ3n) is 1.43. The van der Waals surface area contributed by atoms with Gasteiger partial charge in [0, 0.05) is 0 Å². The Labute approximate surface area is 60.9 Å². The molecular formula is C8H12O2. The number of ether oxygens (including phenoxy) is 1. The van der Waals surface area contributed by atoms with Crippen LogP contribution in [0.25, 0.3) is 0 Å². The molecule has 0 heterocycles. The fourth-order valence-electron chi connectivity index (χ4n) is 0.627. The van der Waals surface area contributed by atoms with Crippen LogP contribution in [0.2, 0.25) is 0 Å². The van der Waals surface area contributed by atoms with Crippen molar-refractivity contribution in [3.8, 4) is 0 Å². The highest BCUT2D eigenvalue weighted by atomic mass is 16.5. The first-order chi connectivity index (χ1) is 4.84. The Kier molecular flexibility index (Phi) is 2.49. The maximum Gasteiger partial charge on any atom is 0.313 e. The zero-order chi connectivity index (χ0) is 7.40. The summed E-state index contributed by atoms with van der Waals surface area (Å²) in [5.74, 6) is 0.145. The Bertz CT molecular complexity index is 145. The van der Waals surface area contributed by atoms with Crippen molar-refractivity contribution in [1.82, 2.24) is 0 Å². The predicted molar refractivity (Wildman–Crippen MR) is 38.2 cm³/mol. The number of allylic oxidation sites excluding steroid dienone is 1. The van der Waals surface area contributed by atoms with Gasteiger partial charge in [0.05, 0.1) is 12.2 Å². The molecule has 0 N–H and O–H groups in total. The first kappa shape index (κ1) is 7.32. The molecule has 0 atom stereocenters. The van der Waals surface area contributed by atoms with Gasteiger partial charge in [-0.05, 0) is 25.3 Å². The molecule has 0 aromatic heterocycles. The van der Waals surface area contributed by atoms with E-state index in [0.29, 0.717) is 0 Å². The number of hydrogen-bond acceptors (Lipinski definition) is 2. The Hall–Kier alpha value is -0.790. The molecule has 0 aliphatic heterocycles. The highest BCUT2D eigenvalue weighted by molar-refractivity contribution is 5.75. The minimum Gasteiger partial charge on any atom is -0.435 e. The molecule has 1 saturated carbocycles. The van der Waals surface area contributed by atoms with E-state index in [9.17, 15) is 4.79 Å². The van der Waals surface area contributed by atoms with Crippen LogP contribution < -0.4 is 0 Å². The first-order valence-electron chi connectivity index (χ1n) is 3.70. The molecule has 2 nitrogen and oxygen atoms in total. The van der Waals surface area contributed by atoms with Gasteiger partial charge in [-0.2, -0.15) is 0 Å². The van der Waals surface area contributed by atoms with Gasteiger partial charge in [-0.25, -0.2) is 0 Å². The number of rotatable bonds is 3. The Morgan fingerprint density at radius 3 is 2.90 bits per heavy atom. The molecule has 0 bridgehead atoms. The molecule has 1 aliphatic carbocycles. The molecule has 0 amide bonds. The fraction of sp³-hybridized carbons (Fsp3) is 0.625. The molecule has 1 fully saturated rings. The van der Waals surface area contributed by atoms with Crippen molar-refractivity contribution in [1.29, 1.82) is 0 Å². The van der Waals surface area contributed by atoms with Gasteiger partial charge >= 0.3 is 5.97 Å². The van der Waals surface area contributed by atoms with E-state index in [0.717, 1.165) is 19.3 Å². The molecule has 2 heteroatoms. The van der Waals surface area contributed by atoms with Crippen LogP contribution in [0.15, 0.2) is 12.3 Å². The summed E-state index contributed by atoms with van der Waals surface area (Å²) in [5, 5.41) is 0. The lowest BCUT2D eigenvalue weighted by molar-refractivity contribution is -0.139. The van der Waals surface area contributed by atoms with Gasteiger partial charge in [-0.15, -0.1) is 0 Å². The summed E-state index contributed by atoms with van der Waals surface area (Å²) in [6, 6.07) is 0. The normalized spacial score (nSPS) is 17.7. The summed E-state index contributed by atoms with van der Waals surface area (Å²) in [6.45, 7) is 2.00. The molecule has 0 unspecified atom stereocenters. The van der Waals surface area contributed by atoms with Crippen molar-refractivity contribution in [2.45, 2.75) is 26.2 Å².